The van der Waals surface area contributed by atoms with Gasteiger partial charge in [0.1, 0.15) is 0 Å². The fourth-order valence-electron chi connectivity index (χ4n) is 2.04. The lowest BCUT2D eigenvalue weighted by molar-refractivity contribution is 0.318. The van der Waals surface area contributed by atoms with E-state index in [1.165, 1.54) is 4.31 Å². The second kappa shape index (κ2) is 4.91. The highest BCUT2D eigenvalue weighted by molar-refractivity contribution is 7.88. The summed E-state index contributed by atoms with van der Waals surface area (Å²) in [5, 5.41) is -0.101. The average Bonchev–Trinajstić information content (AvgIpc) is 2.28. The molecule has 0 saturated carbocycles. The van der Waals surface area contributed by atoms with Crippen LogP contribution in [-0.4, -0.2) is 41.8 Å². The maximum atomic E-state index is 12.4. The lowest BCUT2D eigenvalue weighted by Gasteiger charge is -2.28. The normalized spacial score (nSPS) is 19.1. The topological polar surface area (TPSA) is 89.2 Å². The van der Waals surface area contributed by atoms with E-state index in [4.69, 9.17) is 5.73 Å². The summed E-state index contributed by atoms with van der Waals surface area (Å²) < 4.78 is 26.1. The Labute approximate surface area is 107 Å². The Hall–Kier alpha value is -1.05. The number of rotatable bonds is 2. The standard InChI is InChI=1S/C11H18N4O2S/c1-8-7-9(2)14-11(13-8)18(16,17)15-5-3-10(12)4-6-15/h7,10H,3-6,12H2,1-2H3. The van der Waals surface area contributed by atoms with Crippen molar-refractivity contribution in [3.05, 3.63) is 17.5 Å². The van der Waals surface area contributed by atoms with E-state index < -0.39 is 10.0 Å². The lowest BCUT2D eigenvalue weighted by atomic mass is 10.1. The molecule has 0 unspecified atom stereocenters. The van der Waals surface area contributed by atoms with E-state index in [1.807, 2.05) is 0 Å². The van der Waals surface area contributed by atoms with E-state index in [0.717, 1.165) is 0 Å². The average molecular weight is 270 g/mol. The highest BCUT2D eigenvalue weighted by atomic mass is 32.2. The minimum Gasteiger partial charge on any atom is -0.328 e. The maximum Gasteiger partial charge on any atom is 0.278 e. The number of aryl methyl sites for hydroxylation is 2. The van der Waals surface area contributed by atoms with Gasteiger partial charge in [0.2, 0.25) is 0 Å². The zero-order valence-electron chi connectivity index (χ0n) is 10.6. The lowest BCUT2D eigenvalue weighted by Crippen LogP contribution is -2.43. The van der Waals surface area contributed by atoms with Gasteiger partial charge in [-0.1, -0.05) is 0 Å². The van der Waals surface area contributed by atoms with Crippen LogP contribution < -0.4 is 5.73 Å². The molecular formula is C11H18N4O2S. The number of aromatic nitrogens is 2. The van der Waals surface area contributed by atoms with Crippen molar-refractivity contribution in [3.63, 3.8) is 0 Å². The molecule has 0 bridgehead atoms. The third-order valence-electron chi connectivity index (χ3n) is 3.03. The molecule has 2 heterocycles. The van der Waals surface area contributed by atoms with Gasteiger partial charge < -0.3 is 5.73 Å². The Morgan fingerprint density at radius 1 is 1.22 bits per heavy atom. The summed E-state index contributed by atoms with van der Waals surface area (Å²) in [5.74, 6) is 0. The number of hydrogen-bond acceptors (Lipinski definition) is 5. The molecule has 1 fully saturated rings. The molecule has 0 amide bonds. The number of piperidine rings is 1. The number of nitrogens with zero attached hydrogens (tertiary/aromatic N) is 3. The van der Waals surface area contributed by atoms with Crippen molar-refractivity contribution in [2.45, 2.75) is 37.9 Å². The molecule has 7 heteroatoms. The molecule has 100 valence electrons. The van der Waals surface area contributed by atoms with E-state index in [0.29, 0.717) is 37.3 Å². The van der Waals surface area contributed by atoms with Gasteiger partial charge in [-0.25, -0.2) is 18.4 Å². The van der Waals surface area contributed by atoms with Gasteiger partial charge in [0.15, 0.2) is 0 Å². The summed E-state index contributed by atoms with van der Waals surface area (Å²) in [5.41, 5.74) is 7.10. The van der Waals surface area contributed by atoms with Crippen molar-refractivity contribution in [2.24, 2.45) is 5.73 Å². The molecule has 0 spiro atoms. The van der Waals surface area contributed by atoms with Gasteiger partial charge >= 0.3 is 0 Å². The number of nitrogens with two attached hydrogens (primary N) is 1. The minimum absolute atomic E-state index is 0.0941. The Morgan fingerprint density at radius 2 is 1.72 bits per heavy atom. The maximum absolute atomic E-state index is 12.4. The summed E-state index contributed by atoms with van der Waals surface area (Å²) in [4.78, 5) is 8.06. The summed E-state index contributed by atoms with van der Waals surface area (Å²) in [6, 6.07) is 1.85. The van der Waals surface area contributed by atoms with Crippen LogP contribution >= 0.6 is 0 Å². The van der Waals surface area contributed by atoms with Gasteiger partial charge in [-0.05, 0) is 32.8 Å². The smallest absolute Gasteiger partial charge is 0.278 e. The molecule has 1 saturated heterocycles. The molecule has 0 aromatic carbocycles. The van der Waals surface area contributed by atoms with Crippen LogP contribution in [0.3, 0.4) is 0 Å². The van der Waals surface area contributed by atoms with Crippen LogP contribution in [0.1, 0.15) is 24.2 Å². The van der Waals surface area contributed by atoms with Crippen LogP contribution in [-0.2, 0) is 10.0 Å². The molecule has 0 aliphatic carbocycles. The molecule has 1 aromatic heterocycles. The Kier molecular flexibility index (Phi) is 3.65. The molecule has 0 radical (unpaired) electrons. The molecule has 2 N–H and O–H groups in total. The van der Waals surface area contributed by atoms with E-state index in [-0.39, 0.29) is 11.2 Å². The summed E-state index contributed by atoms with van der Waals surface area (Å²) >= 11 is 0. The summed E-state index contributed by atoms with van der Waals surface area (Å²) in [6.07, 6.45) is 1.37. The van der Waals surface area contributed by atoms with Gasteiger partial charge in [-0.15, -0.1) is 0 Å². The molecular weight excluding hydrogens is 252 g/mol. The van der Waals surface area contributed by atoms with Crippen LogP contribution in [0.4, 0.5) is 0 Å². The Bertz CT molecular complexity index is 516. The van der Waals surface area contributed by atoms with Crippen LogP contribution in [0.2, 0.25) is 0 Å². The molecule has 18 heavy (non-hydrogen) atoms. The molecule has 1 aliphatic heterocycles. The Balaban J connectivity index is 2.30. The quantitative estimate of drug-likeness (QED) is 0.776. The molecule has 0 atom stereocenters. The third kappa shape index (κ3) is 2.68. The van der Waals surface area contributed by atoms with Crippen molar-refractivity contribution >= 4 is 10.0 Å². The van der Waals surface area contributed by atoms with Crippen molar-refractivity contribution in [2.75, 3.05) is 13.1 Å². The predicted octanol–water partition coefficient (Wildman–Crippen LogP) is 0.205. The summed E-state index contributed by atoms with van der Waals surface area (Å²) in [7, 11) is -3.57. The molecule has 2 rings (SSSR count). The minimum atomic E-state index is -3.57. The van der Waals surface area contributed by atoms with Gasteiger partial charge in [-0.2, -0.15) is 4.31 Å². The van der Waals surface area contributed by atoms with Crippen molar-refractivity contribution in [1.82, 2.24) is 14.3 Å². The van der Waals surface area contributed by atoms with E-state index in [9.17, 15) is 8.42 Å². The van der Waals surface area contributed by atoms with Gasteiger partial charge in [0.05, 0.1) is 0 Å². The summed E-state index contributed by atoms with van der Waals surface area (Å²) in [6.45, 7) is 4.42. The monoisotopic (exact) mass is 270 g/mol. The van der Waals surface area contributed by atoms with Crippen molar-refractivity contribution in [3.8, 4) is 0 Å². The van der Waals surface area contributed by atoms with E-state index in [1.54, 1.807) is 19.9 Å². The first-order valence-electron chi connectivity index (χ1n) is 5.97. The fraction of sp³-hybridized carbons (Fsp3) is 0.636. The van der Waals surface area contributed by atoms with Gasteiger partial charge in [-0.3, -0.25) is 0 Å². The van der Waals surface area contributed by atoms with Crippen molar-refractivity contribution < 1.29 is 8.42 Å². The van der Waals surface area contributed by atoms with Crippen LogP contribution in [0.25, 0.3) is 0 Å². The third-order valence-corrected chi connectivity index (χ3v) is 4.72. The van der Waals surface area contributed by atoms with Crippen LogP contribution in [0.15, 0.2) is 11.2 Å². The second-order valence-corrected chi connectivity index (χ2v) is 6.51. The molecule has 6 nitrogen and oxygen atoms in total. The predicted molar refractivity (Wildman–Crippen MR) is 67.5 cm³/mol. The van der Waals surface area contributed by atoms with Crippen LogP contribution in [0.5, 0.6) is 0 Å². The van der Waals surface area contributed by atoms with Gasteiger partial charge in [0.25, 0.3) is 15.2 Å². The number of hydrogen-bond donors (Lipinski definition) is 1. The largest absolute Gasteiger partial charge is 0.328 e. The first kappa shape index (κ1) is 13.4. The first-order chi connectivity index (χ1) is 8.39. The van der Waals surface area contributed by atoms with Crippen molar-refractivity contribution in [1.29, 1.82) is 0 Å². The van der Waals surface area contributed by atoms with E-state index in [2.05, 4.69) is 9.97 Å². The molecule has 1 aliphatic rings. The second-order valence-electron chi connectivity index (χ2n) is 4.67. The zero-order valence-corrected chi connectivity index (χ0v) is 11.4. The van der Waals surface area contributed by atoms with Gasteiger partial charge in [0, 0.05) is 30.5 Å². The zero-order chi connectivity index (χ0) is 13.3. The number of sulfonamides is 1. The van der Waals surface area contributed by atoms with Crippen LogP contribution in [0, 0.1) is 13.8 Å². The van der Waals surface area contributed by atoms with E-state index >= 15 is 0 Å². The first-order valence-corrected chi connectivity index (χ1v) is 7.41. The highest BCUT2D eigenvalue weighted by Crippen LogP contribution is 2.18. The SMILES string of the molecule is Cc1cc(C)nc(S(=O)(=O)N2CCC(N)CC2)n1. The highest BCUT2D eigenvalue weighted by Gasteiger charge is 2.30. The Morgan fingerprint density at radius 3 is 2.22 bits per heavy atom. The molecule has 1 aromatic rings. The fourth-order valence-corrected chi connectivity index (χ4v) is 3.48.